The molecule has 2 N–H and O–H groups in total. The van der Waals surface area contributed by atoms with Gasteiger partial charge in [-0.05, 0) is 54.8 Å². The van der Waals surface area contributed by atoms with Gasteiger partial charge < -0.3 is 14.8 Å². The normalized spacial score (nSPS) is 12.1. The number of halogens is 1. The van der Waals surface area contributed by atoms with Crippen molar-refractivity contribution >= 4 is 28.4 Å². The number of aromatic amines is 1. The van der Waals surface area contributed by atoms with Crippen LogP contribution in [0.1, 0.15) is 42.6 Å². The van der Waals surface area contributed by atoms with Crippen molar-refractivity contribution in [2.24, 2.45) is 5.92 Å². The fourth-order valence-corrected chi connectivity index (χ4v) is 4.66. The molecule has 1 unspecified atom stereocenters. The zero-order valence-corrected chi connectivity index (χ0v) is 22.6. The predicted octanol–water partition coefficient (Wildman–Crippen LogP) is 4.79. The van der Waals surface area contributed by atoms with Gasteiger partial charge in [0.25, 0.3) is 5.91 Å². The molecule has 12 heteroatoms. The van der Waals surface area contributed by atoms with Crippen LogP contribution in [0.3, 0.4) is 0 Å². The molecule has 0 aliphatic rings. The lowest BCUT2D eigenvalue weighted by Crippen LogP contribution is -2.30. The first-order chi connectivity index (χ1) is 18.9. The molecule has 3 heterocycles. The number of ether oxygens (including phenoxy) is 2. The van der Waals surface area contributed by atoms with Crippen molar-refractivity contribution in [3.8, 4) is 28.4 Å². The highest BCUT2D eigenvalue weighted by molar-refractivity contribution is 6.31. The third-order valence-corrected chi connectivity index (χ3v) is 6.46. The smallest absolute Gasteiger partial charge is 0.272 e. The van der Waals surface area contributed by atoms with Gasteiger partial charge in [0.05, 0.1) is 42.7 Å². The van der Waals surface area contributed by atoms with E-state index in [9.17, 15) is 4.79 Å². The molecular weight excluding hydrogens is 520 g/mol. The molecule has 0 radical (unpaired) electrons. The molecular formula is C27H27ClN8O3. The summed E-state index contributed by atoms with van der Waals surface area (Å²) in [6, 6.07) is 14.0. The molecule has 0 aliphatic carbocycles. The Morgan fingerprint density at radius 3 is 2.54 bits per heavy atom. The summed E-state index contributed by atoms with van der Waals surface area (Å²) in [5, 5.41) is 23.4. The predicted molar refractivity (Wildman–Crippen MR) is 146 cm³/mol. The van der Waals surface area contributed by atoms with E-state index in [0.29, 0.717) is 51.2 Å². The van der Waals surface area contributed by atoms with Gasteiger partial charge in [0.1, 0.15) is 11.5 Å². The zero-order valence-electron chi connectivity index (χ0n) is 21.8. The van der Waals surface area contributed by atoms with E-state index >= 15 is 0 Å². The quantitative estimate of drug-likeness (QED) is 0.270. The van der Waals surface area contributed by atoms with Crippen LogP contribution >= 0.6 is 11.6 Å². The van der Waals surface area contributed by atoms with Gasteiger partial charge >= 0.3 is 0 Å². The second-order valence-electron chi connectivity index (χ2n) is 9.28. The molecule has 1 amide bonds. The van der Waals surface area contributed by atoms with E-state index in [1.807, 2.05) is 30.3 Å². The number of hydrogen-bond acceptors (Lipinski definition) is 8. The summed E-state index contributed by atoms with van der Waals surface area (Å²) in [4.78, 5) is 18.1. The first-order valence-corrected chi connectivity index (χ1v) is 12.7. The highest BCUT2D eigenvalue weighted by Gasteiger charge is 2.26. The number of hydrogen-bond donors (Lipinski definition) is 2. The van der Waals surface area contributed by atoms with E-state index in [0.717, 1.165) is 5.39 Å². The Hall–Kier alpha value is -4.51. The van der Waals surface area contributed by atoms with Crippen LogP contribution in [0.25, 0.3) is 27.8 Å². The number of aromatic nitrogens is 7. The number of H-pyrrole nitrogens is 1. The molecule has 0 bridgehead atoms. The summed E-state index contributed by atoms with van der Waals surface area (Å²) in [6.07, 6.45) is 2.29. The molecule has 5 aromatic rings. The Kier molecular flexibility index (Phi) is 7.42. The maximum Gasteiger partial charge on any atom is 0.272 e. The number of fused-ring (bicyclic) bond motifs is 1. The van der Waals surface area contributed by atoms with E-state index in [-0.39, 0.29) is 17.5 Å². The number of benzene rings is 2. The van der Waals surface area contributed by atoms with Gasteiger partial charge in [0.2, 0.25) is 0 Å². The van der Waals surface area contributed by atoms with Crippen LogP contribution in [-0.2, 0) is 0 Å². The molecule has 0 aliphatic heterocycles. The molecule has 0 fully saturated rings. The van der Waals surface area contributed by atoms with Crippen LogP contribution in [0.4, 0.5) is 0 Å². The van der Waals surface area contributed by atoms with Gasteiger partial charge in [-0.25, -0.2) is 4.68 Å². The van der Waals surface area contributed by atoms with Crippen LogP contribution in [0.2, 0.25) is 5.02 Å². The van der Waals surface area contributed by atoms with Crippen molar-refractivity contribution < 1.29 is 14.3 Å². The van der Waals surface area contributed by atoms with Crippen LogP contribution in [0.5, 0.6) is 11.5 Å². The average Bonchev–Trinajstić information content (AvgIpc) is 3.62. The monoisotopic (exact) mass is 546 g/mol. The van der Waals surface area contributed by atoms with E-state index < -0.39 is 6.04 Å². The Morgan fingerprint density at radius 2 is 1.87 bits per heavy atom. The molecule has 11 nitrogen and oxygen atoms in total. The number of rotatable bonds is 9. The van der Waals surface area contributed by atoms with Crippen molar-refractivity contribution in [1.29, 1.82) is 0 Å². The van der Waals surface area contributed by atoms with Gasteiger partial charge in [-0.2, -0.15) is 10.3 Å². The number of carbonyl (C=O) groups is 1. The molecule has 0 saturated carbocycles. The number of pyridine rings is 1. The Bertz CT molecular complexity index is 1590. The topological polar surface area (TPSA) is 133 Å². The number of tetrazole rings is 1. The average molecular weight is 547 g/mol. The molecule has 0 saturated heterocycles. The number of nitrogens with one attached hydrogen (secondary N) is 2. The highest BCUT2D eigenvalue weighted by atomic mass is 35.5. The fourth-order valence-electron chi connectivity index (χ4n) is 4.50. The SMILES string of the molecule is COc1cccc(OC)c1-c1cc(C(=O)NC(CC(C)C)c2nn[nH]n2)nn1-c1ccnc2cc(Cl)ccc12. The number of nitrogens with zero attached hydrogens (tertiary/aromatic N) is 6. The first-order valence-electron chi connectivity index (χ1n) is 12.3. The second kappa shape index (κ2) is 11.1. The fraction of sp³-hybridized carbons (Fsp3) is 0.259. The Labute approximate surface area is 229 Å². The third kappa shape index (κ3) is 5.26. The van der Waals surface area contributed by atoms with Crippen LogP contribution in [0, 0.1) is 5.92 Å². The molecule has 200 valence electrons. The highest BCUT2D eigenvalue weighted by Crippen LogP contribution is 2.40. The standard InChI is InChI=1S/C27H27ClN8O3/c1-15(2)12-19(26-31-34-35-32-26)30-27(37)20-14-22(25-23(38-3)6-5-7-24(25)39-4)36(33-20)21-10-11-29-18-13-16(28)8-9-17(18)21/h5-11,13-15,19H,12H2,1-4H3,(H,30,37)(H,31,32,34,35). The summed E-state index contributed by atoms with van der Waals surface area (Å²) in [7, 11) is 3.16. The minimum Gasteiger partial charge on any atom is -0.496 e. The largest absolute Gasteiger partial charge is 0.496 e. The van der Waals surface area contributed by atoms with Crippen molar-refractivity contribution in [3.63, 3.8) is 0 Å². The maximum absolute atomic E-state index is 13.6. The van der Waals surface area contributed by atoms with Crippen molar-refractivity contribution in [1.82, 2.24) is 40.7 Å². The van der Waals surface area contributed by atoms with Gasteiger partial charge in [-0.3, -0.25) is 9.78 Å². The summed E-state index contributed by atoms with van der Waals surface area (Å²) in [5.74, 6) is 1.41. The van der Waals surface area contributed by atoms with E-state index in [1.165, 1.54) is 0 Å². The van der Waals surface area contributed by atoms with Crippen LogP contribution in [-0.4, -0.2) is 55.5 Å². The lowest BCUT2D eigenvalue weighted by molar-refractivity contribution is 0.0924. The number of methoxy groups -OCH3 is 2. The summed E-state index contributed by atoms with van der Waals surface area (Å²) >= 11 is 6.23. The van der Waals surface area contributed by atoms with Gasteiger partial charge in [0, 0.05) is 16.6 Å². The van der Waals surface area contributed by atoms with Crippen molar-refractivity contribution in [2.45, 2.75) is 26.3 Å². The molecule has 2 aromatic carbocycles. The van der Waals surface area contributed by atoms with Gasteiger partial charge in [0.15, 0.2) is 11.5 Å². The zero-order chi connectivity index (χ0) is 27.5. The Balaban J connectivity index is 1.67. The Morgan fingerprint density at radius 1 is 1.10 bits per heavy atom. The minimum atomic E-state index is -0.449. The molecule has 0 spiro atoms. The molecule has 5 rings (SSSR count). The number of amides is 1. The third-order valence-electron chi connectivity index (χ3n) is 6.22. The van der Waals surface area contributed by atoms with Crippen molar-refractivity contribution in [2.75, 3.05) is 14.2 Å². The molecule has 3 aromatic heterocycles. The lowest BCUT2D eigenvalue weighted by atomic mass is 10.0. The lowest BCUT2D eigenvalue weighted by Gasteiger charge is -2.16. The molecule has 39 heavy (non-hydrogen) atoms. The number of carbonyl (C=O) groups excluding carboxylic acids is 1. The maximum atomic E-state index is 13.6. The minimum absolute atomic E-state index is 0.189. The van der Waals surface area contributed by atoms with Gasteiger partial charge in [-0.15, -0.1) is 10.2 Å². The molecule has 1 atom stereocenters. The van der Waals surface area contributed by atoms with Crippen LogP contribution < -0.4 is 14.8 Å². The van der Waals surface area contributed by atoms with Gasteiger partial charge in [-0.1, -0.05) is 36.7 Å². The summed E-state index contributed by atoms with van der Waals surface area (Å²) < 4.78 is 13.1. The summed E-state index contributed by atoms with van der Waals surface area (Å²) in [6.45, 7) is 4.11. The second-order valence-corrected chi connectivity index (χ2v) is 9.72. The van der Waals surface area contributed by atoms with Crippen molar-refractivity contribution in [3.05, 3.63) is 71.3 Å². The van der Waals surface area contributed by atoms with E-state index in [1.54, 1.807) is 43.3 Å². The summed E-state index contributed by atoms with van der Waals surface area (Å²) in [5.41, 5.74) is 2.82. The van der Waals surface area contributed by atoms with E-state index in [4.69, 9.17) is 26.2 Å². The van der Waals surface area contributed by atoms with Crippen LogP contribution in [0.15, 0.2) is 54.7 Å². The van der Waals surface area contributed by atoms with E-state index in [2.05, 4.69) is 44.8 Å². The first kappa shape index (κ1) is 26.1.